The first-order valence-electron chi connectivity index (χ1n) is 8.59. The van der Waals surface area contributed by atoms with Gasteiger partial charge in [-0.05, 0) is 43.0 Å². The summed E-state index contributed by atoms with van der Waals surface area (Å²) in [4.78, 5) is 18.6. The first kappa shape index (κ1) is 19.7. The number of pyridine rings is 1. The molecule has 1 unspecified atom stereocenters. The summed E-state index contributed by atoms with van der Waals surface area (Å²) in [5.41, 5.74) is 6.74. The first-order valence-corrected chi connectivity index (χ1v) is 8.59. The predicted molar refractivity (Wildman–Crippen MR) is 104 cm³/mol. The highest BCUT2D eigenvalue weighted by Crippen LogP contribution is 2.25. The minimum absolute atomic E-state index is 0.0130. The van der Waals surface area contributed by atoms with E-state index in [0.717, 1.165) is 11.1 Å². The molecule has 140 valence electrons. The fraction of sp³-hybridized carbons (Fsp3) is 0.400. The number of aromatic nitrogens is 1. The van der Waals surface area contributed by atoms with Gasteiger partial charge in [-0.15, -0.1) is 0 Å². The van der Waals surface area contributed by atoms with Crippen molar-refractivity contribution in [3.05, 3.63) is 57.5 Å². The van der Waals surface area contributed by atoms with Crippen LogP contribution in [-0.2, 0) is 6.54 Å². The Bertz CT molecular complexity index is 841. The van der Waals surface area contributed by atoms with E-state index in [1.807, 2.05) is 39.0 Å². The number of H-pyrrole nitrogens is 1. The van der Waals surface area contributed by atoms with Gasteiger partial charge in [-0.1, -0.05) is 26.0 Å². The molecule has 5 nitrogen and oxygen atoms in total. The van der Waals surface area contributed by atoms with Crippen molar-refractivity contribution in [1.29, 1.82) is 0 Å². The van der Waals surface area contributed by atoms with Crippen LogP contribution in [0.15, 0.2) is 40.2 Å². The van der Waals surface area contributed by atoms with Gasteiger partial charge in [0, 0.05) is 18.1 Å². The molecule has 26 heavy (non-hydrogen) atoms. The Morgan fingerprint density at radius 3 is 2.73 bits per heavy atom. The van der Waals surface area contributed by atoms with Gasteiger partial charge < -0.3 is 15.5 Å². The summed E-state index contributed by atoms with van der Waals surface area (Å²) in [7, 11) is 0. The van der Waals surface area contributed by atoms with Crippen LogP contribution in [-0.4, -0.2) is 23.5 Å². The third-order valence-corrected chi connectivity index (χ3v) is 4.48. The van der Waals surface area contributed by atoms with Crippen LogP contribution >= 0.6 is 0 Å². The van der Waals surface area contributed by atoms with Gasteiger partial charge in [0.2, 0.25) is 0 Å². The molecule has 1 aromatic carbocycles. The summed E-state index contributed by atoms with van der Waals surface area (Å²) in [5.74, 6) is 0.538. The highest BCUT2D eigenvalue weighted by atomic mass is 19.1. The van der Waals surface area contributed by atoms with Crippen LogP contribution in [0.1, 0.15) is 37.5 Å². The second kappa shape index (κ2) is 8.17. The maximum absolute atomic E-state index is 14.3. The fourth-order valence-corrected chi connectivity index (χ4v) is 2.24. The molecule has 0 aliphatic heterocycles. The quantitative estimate of drug-likeness (QED) is 0.741. The molecule has 0 bridgehead atoms. The molecular weight excluding hydrogens is 333 g/mol. The number of nitrogens with two attached hydrogens (primary N) is 1. The minimum Gasteiger partial charge on any atom is -0.490 e. The maximum Gasteiger partial charge on any atom is 0.258 e. The molecule has 0 amide bonds. The van der Waals surface area contributed by atoms with Gasteiger partial charge >= 0.3 is 0 Å². The number of nitrogens with one attached hydrogen (secondary N) is 1. The lowest BCUT2D eigenvalue weighted by Crippen LogP contribution is -2.33. The number of anilines is 1. The molecule has 2 aromatic rings. The third-order valence-electron chi connectivity index (χ3n) is 4.48. The fourth-order valence-electron chi connectivity index (χ4n) is 2.24. The molecule has 0 aliphatic carbocycles. The van der Waals surface area contributed by atoms with Gasteiger partial charge in [0.15, 0.2) is 0 Å². The molecule has 1 atom stereocenters. The number of ether oxygens (including phenoxy) is 1. The summed E-state index contributed by atoms with van der Waals surface area (Å²) in [6, 6.07) is 7.26. The van der Waals surface area contributed by atoms with E-state index in [0.29, 0.717) is 23.5 Å². The number of alkyl halides is 1. The lowest BCUT2D eigenvalue weighted by atomic mass is 9.96. The maximum atomic E-state index is 14.3. The second-order valence-corrected chi connectivity index (χ2v) is 6.97. The molecule has 3 N–H and O–H groups in total. The molecular formula is C20H26FN3O2. The Morgan fingerprint density at radius 2 is 2.12 bits per heavy atom. The van der Waals surface area contributed by atoms with Crippen LogP contribution in [0.2, 0.25) is 0 Å². The Labute approximate surface area is 153 Å². The molecule has 2 rings (SSSR count). The van der Waals surface area contributed by atoms with Crippen molar-refractivity contribution < 1.29 is 9.13 Å². The lowest BCUT2D eigenvalue weighted by molar-refractivity contribution is 0.0577. The average molecular weight is 359 g/mol. The molecule has 0 aliphatic rings. The highest BCUT2D eigenvalue weighted by molar-refractivity contribution is 5.86. The van der Waals surface area contributed by atoms with Crippen molar-refractivity contribution in [1.82, 2.24) is 4.98 Å². The van der Waals surface area contributed by atoms with E-state index in [1.165, 1.54) is 12.4 Å². The zero-order chi connectivity index (χ0) is 19.3. The number of hydrogen-bond acceptors (Lipinski definition) is 4. The molecule has 0 radical (unpaired) electrons. The number of aliphatic imine (C=N–C) groups is 1. The van der Waals surface area contributed by atoms with Crippen molar-refractivity contribution in [2.75, 3.05) is 12.3 Å². The summed E-state index contributed by atoms with van der Waals surface area (Å²) in [5, 5.41) is 0. The number of hydrogen-bond donors (Lipinski definition) is 2. The number of aryl methyl sites for hydroxylation is 1. The number of nitrogen functional groups attached to an aromatic ring is 1. The average Bonchev–Trinajstić information content (AvgIpc) is 2.56. The van der Waals surface area contributed by atoms with Crippen LogP contribution in [0.25, 0.3) is 0 Å². The van der Waals surface area contributed by atoms with E-state index in [9.17, 15) is 9.18 Å². The van der Waals surface area contributed by atoms with Gasteiger partial charge in [0.1, 0.15) is 18.0 Å². The topological polar surface area (TPSA) is 80.5 Å². The zero-order valence-corrected chi connectivity index (χ0v) is 15.7. The molecule has 6 heteroatoms. The van der Waals surface area contributed by atoms with E-state index in [2.05, 4.69) is 9.98 Å². The van der Waals surface area contributed by atoms with Gasteiger partial charge in [0.25, 0.3) is 5.56 Å². The minimum atomic E-state index is -1.38. The van der Waals surface area contributed by atoms with Crippen molar-refractivity contribution in [3.63, 3.8) is 0 Å². The predicted octanol–water partition coefficient (Wildman–Crippen LogP) is 3.65. The Kier molecular flexibility index (Phi) is 6.18. The van der Waals surface area contributed by atoms with E-state index < -0.39 is 5.67 Å². The van der Waals surface area contributed by atoms with Gasteiger partial charge in [-0.25, -0.2) is 4.39 Å². The zero-order valence-electron chi connectivity index (χ0n) is 15.7. The SMILES string of the molecule is Cc1cc(CN=Cc2c(N)cc[nH]c2=O)ccc1OCC(C)(F)C(C)C. The lowest BCUT2D eigenvalue weighted by Gasteiger charge is -2.25. The molecule has 0 spiro atoms. The van der Waals surface area contributed by atoms with E-state index >= 15 is 0 Å². The van der Waals surface area contributed by atoms with Crippen LogP contribution in [0, 0.1) is 12.8 Å². The van der Waals surface area contributed by atoms with Gasteiger partial charge in [0.05, 0.1) is 12.1 Å². The van der Waals surface area contributed by atoms with E-state index in [-0.39, 0.29) is 18.1 Å². The van der Waals surface area contributed by atoms with Crippen molar-refractivity contribution >= 4 is 11.9 Å². The summed E-state index contributed by atoms with van der Waals surface area (Å²) >= 11 is 0. The molecule has 0 saturated heterocycles. The molecule has 1 aromatic heterocycles. The second-order valence-electron chi connectivity index (χ2n) is 6.97. The molecule has 0 fully saturated rings. The van der Waals surface area contributed by atoms with Crippen LogP contribution in [0.5, 0.6) is 5.75 Å². The van der Waals surface area contributed by atoms with Gasteiger partial charge in [-0.3, -0.25) is 9.79 Å². The smallest absolute Gasteiger partial charge is 0.258 e. The largest absolute Gasteiger partial charge is 0.490 e. The Morgan fingerprint density at radius 1 is 1.38 bits per heavy atom. The van der Waals surface area contributed by atoms with E-state index in [4.69, 9.17) is 10.5 Å². The normalized spacial score (nSPS) is 13.9. The van der Waals surface area contributed by atoms with Crippen molar-refractivity contribution in [2.24, 2.45) is 10.9 Å². The number of nitrogens with zero attached hydrogens (tertiary/aromatic N) is 1. The standard InChI is InChI=1S/C20H26FN3O2/c1-13(2)20(4,21)12-26-18-6-5-15(9-14(18)3)10-23-11-16-17(22)7-8-24-19(16)25/h5-9,11,13H,10,12H2,1-4H3,(H3,22,24,25). The first-order chi connectivity index (χ1) is 12.2. The van der Waals surface area contributed by atoms with Crippen molar-refractivity contribution in [2.45, 2.75) is 39.9 Å². The Balaban J connectivity index is 2.03. The molecule has 0 saturated carbocycles. The number of halogens is 1. The number of rotatable bonds is 7. The van der Waals surface area contributed by atoms with Crippen LogP contribution in [0.4, 0.5) is 10.1 Å². The monoisotopic (exact) mass is 359 g/mol. The summed E-state index contributed by atoms with van der Waals surface area (Å²) in [6.45, 7) is 7.55. The Hall–Kier alpha value is -2.63. The van der Waals surface area contributed by atoms with Crippen molar-refractivity contribution in [3.8, 4) is 5.75 Å². The third kappa shape index (κ3) is 4.94. The van der Waals surface area contributed by atoms with Gasteiger partial charge in [-0.2, -0.15) is 0 Å². The van der Waals surface area contributed by atoms with Crippen LogP contribution < -0.4 is 16.0 Å². The number of benzene rings is 1. The highest BCUT2D eigenvalue weighted by Gasteiger charge is 2.28. The number of aromatic amines is 1. The summed E-state index contributed by atoms with van der Waals surface area (Å²) < 4.78 is 20.0. The summed E-state index contributed by atoms with van der Waals surface area (Å²) in [6.07, 6.45) is 2.98. The van der Waals surface area contributed by atoms with E-state index in [1.54, 1.807) is 13.0 Å². The molecule has 1 heterocycles. The van der Waals surface area contributed by atoms with Crippen LogP contribution in [0.3, 0.4) is 0 Å².